The van der Waals surface area contributed by atoms with Crippen LogP contribution in [0.3, 0.4) is 0 Å². The van der Waals surface area contributed by atoms with E-state index in [1.807, 2.05) is 6.92 Å². The number of carbonyl (C=O) groups is 1. The molecule has 1 aromatic heterocycles. The number of fused-ring (bicyclic) bond motifs is 1. The van der Waals surface area contributed by atoms with Crippen LogP contribution < -0.4 is 10.9 Å². The SMILES string of the molecule is CCSc1nc2c(c(=O)[nH]1)C(c1ccc(C(C)C)cc1)C1=C(CC(C)(C)CC1=O)N2. The fourth-order valence-electron chi connectivity index (χ4n) is 4.51. The standard InChI is InChI=1S/C24H29N3O2S/c1-6-30-23-26-21-20(22(29)27-23)18(15-9-7-14(8-10-15)13(2)3)19-16(25-21)11-24(4,5)12-17(19)28/h7-10,13,18H,6,11-12H2,1-5H3,(H2,25,26,27,29). The van der Waals surface area contributed by atoms with Crippen molar-refractivity contribution in [1.82, 2.24) is 9.97 Å². The summed E-state index contributed by atoms with van der Waals surface area (Å²) in [6, 6.07) is 8.31. The summed E-state index contributed by atoms with van der Waals surface area (Å²) in [6.45, 7) is 10.6. The quantitative estimate of drug-likeness (QED) is 0.522. The lowest BCUT2D eigenvalue weighted by Gasteiger charge is -2.38. The van der Waals surface area contributed by atoms with Crippen LogP contribution >= 0.6 is 11.8 Å². The number of carbonyl (C=O) groups excluding carboxylic acids is 1. The van der Waals surface area contributed by atoms with Crippen molar-refractivity contribution in [3.8, 4) is 0 Å². The number of aromatic amines is 1. The summed E-state index contributed by atoms with van der Waals surface area (Å²) in [7, 11) is 0. The second-order valence-electron chi connectivity index (χ2n) is 9.28. The van der Waals surface area contributed by atoms with Gasteiger partial charge in [-0.1, -0.05) is 70.6 Å². The minimum Gasteiger partial charge on any atom is -0.343 e. The van der Waals surface area contributed by atoms with Crippen molar-refractivity contribution in [2.75, 3.05) is 11.1 Å². The molecule has 5 nitrogen and oxygen atoms in total. The zero-order chi connectivity index (χ0) is 21.6. The van der Waals surface area contributed by atoms with E-state index in [2.05, 4.69) is 62.3 Å². The molecule has 1 aromatic carbocycles. The van der Waals surface area contributed by atoms with E-state index in [4.69, 9.17) is 4.98 Å². The molecule has 0 spiro atoms. The molecule has 0 bridgehead atoms. The third-order valence-electron chi connectivity index (χ3n) is 5.92. The monoisotopic (exact) mass is 423 g/mol. The van der Waals surface area contributed by atoms with Crippen molar-refractivity contribution in [1.29, 1.82) is 0 Å². The molecule has 4 rings (SSSR count). The van der Waals surface area contributed by atoms with Crippen LogP contribution in [0.15, 0.2) is 45.5 Å². The summed E-state index contributed by atoms with van der Waals surface area (Å²) in [5.41, 5.74) is 4.08. The average Bonchev–Trinajstić information content (AvgIpc) is 2.65. The van der Waals surface area contributed by atoms with Crippen LogP contribution in [0.25, 0.3) is 0 Å². The van der Waals surface area contributed by atoms with Crippen molar-refractivity contribution < 1.29 is 4.79 Å². The third-order valence-corrected chi connectivity index (χ3v) is 6.67. The molecule has 1 aliphatic heterocycles. The fraction of sp³-hybridized carbons (Fsp3) is 0.458. The Morgan fingerprint density at radius 2 is 1.87 bits per heavy atom. The van der Waals surface area contributed by atoms with Crippen LogP contribution in [0, 0.1) is 5.41 Å². The molecule has 2 heterocycles. The van der Waals surface area contributed by atoms with Crippen LogP contribution in [0.4, 0.5) is 5.82 Å². The number of ketones is 1. The molecule has 6 heteroatoms. The Hall–Kier alpha value is -2.34. The summed E-state index contributed by atoms with van der Waals surface area (Å²) in [6.07, 6.45) is 1.25. The Bertz CT molecular complexity index is 1080. The molecule has 0 saturated heterocycles. The molecule has 158 valence electrons. The van der Waals surface area contributed by atoms with E-state index < -0.39 is 5.92 Å². The molecule has 1 atom stereocenters. The Morgan fingerprint density at radius 3 is 2.50 bits per heavy atom. The lowest BCUT2D eigenvalue weighted by Crippen LogP contribution is -2.37. The summed E-state index contributed by atoms with van der Waals surface area (Å²) < 4.78 is 0. The zero-order valence-electron chi connectivity index (χ0n) is 18.3. The Balaban J connectivity index is 1.92. The van der Waals surface area contributed by atoms with E-state index in [0.717, 1.165) is 29.0 Å². The summed E-state index contributed by atoms with van der Waals surface area (Å²) in [5.74, 6) is 1.55. The molecule has 0 fully saturated rings. The Labute approximate surface area is 181 Å². The maximum atomic E-state index is 13.3. The molecule has 2 N–H and O–H groups in total. The first kappa shape index (κ1) is 20.9. The van der Waals surface area contributed by atoms with Gasteiger partial charge in [-0.25, -0.2) is 4.98 Å². The minimum absolute atomic E-state index is 0.115. The maximum absolute atomic E-state index is 13.3. The number of nitrogens with one attached hydrogen (secondary N) is 2. The Morgan fingerprint density at radius 1 is 1.17 bits per heavy atom. The number of rotatable bonds is 4. The topological polar surface area (TPSA) is 74.8 Å². The number of anilines is 1. The molecule has 2 aromatic rings. The first-order valence-corrected chi connectivity index (χ1v) is 11.6. The van der Waals surface area contributed by atoms with E-state index in [1.54, 1.807) is 0 Å². The van der Waals surface area contributed by atoms with Gasteiger partial charge in [0.2, 0.25) is 0 Å². The van der Waals surface area contributed by atoms with Crippen molar-refractivity contribution in [3.63, 3.8) is 0 Å². The van der Waals surface area contributed by atoms with Gasteiger partial charge in [0.1, 0.15) is 5.82 Å². The largest absolute Gasteiger partial charge is 0.343 e. The van der Waals surface area contributed by atoms with Crippen LogP contribution in [-0.4, -0.2) is 21.5 Å². The van der Waals surface area contributed by atoms with Crippen LogP contribution in [0.1, 0.15) is 76.0 Å². The smallest absolute Gasteiger partial charge is 0.257 e. The third kappa shape index (κ3) is 3.73. The van der Waals surface area contributed by atoms with Gasteiger partial charge >= 0.3 is 0 Å². The minimum atomic E-state index is -0.391. The highest BCUT2D eigenvalue weighted by molar-refractivity contribution is 7.99. The van der Waals surface area contributed by atoms with E-state index >= 15 is 0 Å². The predicted molar refractivity (Wildman–Crippen MR) is 122 cm³/mol. The number of aromatic nitrogens is 2. The maximum Gasteiger partial charge on any atom is 0.257 e. The van der Waals surface area contributed by atoms with Gasteiger partial charge in [0.05, 0.1) is 5.56 Å². The molecular weight excluding hydrogens is 394 g/mol. The average molecular weight is 424 g/mol. The van der Waals surface area contributed by atoms with Crippen LogP contribution in [-0.2, 0) is 4.79 Å². The number of Topliss-reactive ketones (excluding diaryl/α,β-unsaturated/α-hetero) is 1. The highest BCUT2D eigenvalue weighted by Gasteiger charge is 2.42. The zero-order valence-corrected chi connectivity index (χ0v) is 19.1. The number of H-pyrrole nitrogens is 1. The number of benzene rings is 1. The first-order valence-electron chi connectivity index (χ1n) is 10.6. The van der Waals surface area contributed by atoms with E-state index in [9.17, 15) is 9.59 Å². The normalized spacial score (nSPS) is 20.1. The van der Waals surface area contributed by atoms with Crippen molar-refractivity contribution in [2.24, 2.45) is 5.41 Å². The molecule has 0 amide bonds. The van der Waals surface area contributed by atoms with Crippen molar-refractivity contribution in [2.45, 2.75) is 64.5 Å². The van der Waals surface area contributed by atoms with Crippen molar-refractivity contribution >= 4 is 23.4 Å². The van der Waals surface area contributed by atoms with E-state index in [0.29, 0.717) is 28.9 Å². The van der Waals surface area contributed by atoms with Crippen LogP contribution in [0.5, 0.6) is 0 Å². The fourth-order valence-corrected chi connectivity index (χ4v) is 5.10. The van der Waals surface area contributed by atoms with Crippen LogP contribution in [0.2, 0.25) is 0 Å². The van der Waals surface area contributed by atoms with Gasteiger partial charge in [-0.2, -0.15) is 0 Å². The number of hydrogen-bond acceptors (Lipinski definition) is 5. The summed E-state index contributed by atoms with van der Waals surface area (Å²) in [4.78, 5) is 34.0. The number of allylic oxidation sites excluding steroid dienone is 2. The molecular formula is C24H29N3O2S. The van der Waals surface area contributed by atoms with Gasteiger partial charge in [0.25, 0.3) is 5.56 Å². The predicted octanol–water partition coefficient (Wildman–Crippen LogP) is 5.21. The van der Waals surface area contributed by atoms with Gasteiger partial charge in [0.15, 0.2) is 10.9 Å². The molecule has 1 aliphatic carbocycles. The van der Waals surface area contributed by atoms with E-state index in [-0.39, 0.29) is 16.8 Å². The lowest BCUT2D eigenvalue weighted by molar-refractivity contribution is -0.118. The lowest BCUT2D eigenvalue weighted by atomic mass is 9.69. The number of thioether (sulfide) groups is 1. The number of nitrogens with zero attached hydrogens (tertiary/aromatic N) is 1. The second-order valence-corrected chi connectivity index (χ2v) is 10.5. The molecule has 2 aliphatic rings. The van der Waals surface area contributed by atoms with Gasteiger partial charge in [0, 0.05) is 23.6 Å². The highest BCUT2D eigenvalue weighted by Crippen LogP contribution is 2.47. The van der Waals surface area contributed by atoms with Gasteiger partial charge in [-0.05, 0) is 34.6 Å². The molecule has 0 saturated carbocycles. The van der Waals surface area contributed by atoms with Gasteiger partial charge < -0.3 is 10.3 Å². The molecule has 1 unspecified atom stereocenters. The van der Waals surface area contributed by atoms with E-state index in [1.165, 1.54) is 17.3 Å². The van der Waals surface area contributed by atoms with Gasteiger partial charge in [-0.15, -0.1) is 0 Å². The first-order chi connectivity index (χ1) is 14.2. The summed E-state index contributed by atoms with van der Waals surface area (Å²) in [5, 5.41) is 3.97. The Kier molecular flexibility index (Phi) is 5.39. The highest BCUT2D eigenvalue weighted by atomic mass is 32.2. The molecule has 30 heavy (non-hydrogen) atoms. The summed E-state index contributed by atoms with van der Waals surface area (Å²) >= 11 is 1.50. The second kappa shape index (κ2) is 7.73. The number of hydrogen-bond donors (Lipinski definition) is 2. The van der Waals surface area contributed by atoms with Gasteiger partial charge in [-0.3, -0.25) is 9.59 Å². The molecule has 0 radical (unpaired) electrons. The van der Waals surface area contributed by atoms with Crippen molar-refractivity contribution in [3.05, 3.63) is 62.6 Å².